The Bertz CT molecular complexity index is 760. The van der Waals surface area contributed by atoms with Gasteiger partial charge in [0.25, 0.3) is 0 Å². The van der Waals surface area contributed by atoms with Crippen molar-refractivity contribution in [3.05, 3.63) is 35.9 Å². The zero-order valence-electron chi connectivity index (χ0n) is 16.6. The summed E-state index contributed by atoms with van der Waals surface area (Å²) in [6, 6.07) is 10.6. The van der Waals surface area contributed by atoms with Crippen LogP contribution in [0, 0.1) is 0 Å². The Morgan fingerprint density at radius 1 is 1.11 bits per heavy atom. The van der Waals surface area contributed by atoms with Crippen molar-refractivity contribution in [3.8, 4) is 0 Å². The maximum Gasteiger partial charge on any atom is 0.245 e. The molecule has 0 bridgehead atoms. The van der Waals surface area contributed by atoms with Gasteiger partial charge in [0.05, 0.1) is 0 Å². The zero-order valence-corrected chi connectivity index (χ0v) is 16.6. The summed E-state index contributed by atoms with van der Waals surface area (Å²) in [5, 5.41) is 0. The number of hydrogen-bond donors (Lipinski definition) is 1. The molecule has 5 rings (SSSR count). The third-order valence-corrected chi connectivity index (χ3v) is 7.58. The normalized spacial score (nSPS) is 34.2. The molecule has 4 aliphatic rings. The highest BCUT2D eigenvalue weighted by Crippen LogP contribution is 2.54. The van der Waals surface area contributed by atoms with E-state index in [1.165, 1.54) is 5.56 Å². The average Bonchev–Trinajstić information content (AvgIpc) is 3.18. The minimum atomic E-state index is -0.269. The lowest BCUT2D eigenvalue weighted by Crippen LogP contribution is -2.53. The van der Waals surface area contributed by atoms with Crippen LogP contribution in [0.1, 0.15) is 69.3 Å². The molecule has 1 saturated carbocycles. The Hall–Kier alpha value is -1.88. The Morgan fingerprint density at radius 2 is 1.89 bits per heavy atom. The number of carbonyl (C=O) groups excluding carboxylic acids is 2. The fourth-order valence-electron chi connectivity index (χ4n) is 5.96. The smallest absolute Gasteiger partial charge is 0.245 e. The average molecular weight is 382 g/mol. The van der Waals surface area contributed by atoms with Crippen LogP contribution >= 0.6 is 0 Å². The minimum Gasteiger partial charge on any atom is -0.335 e. The van der Waals surface area contributed by atoms with Gasteiger partial charge in [0.2, 0.25) is 11.8 Å². The Kier molecular flexibility index (Phi) is 4.46. The Balaban J connectivity index is 1.36. The largest absolute Gasteiger partial charge is 0.335 e. The molecule has 5 nitrogen and oxygen atoms in total. The van der Waals surface area contributed by atoms with E-state index in [-0.39, 0.29) is 35.5 Å². The van der Waals surface area contributed by atoms with Gasteiger partial charge in [-0.15, -0.1) is 0 Å². The summed E-state index contributed by atoms with van der Waals surface area (Å²) in [5.74, 6) is 0.777. The summed E-state index contributed by atoms with van der Waals surface area (Å²) >= 11 is 0. The fraction of sp³-hybridized carbons (Fsp3) is 0.652. The molecule has 3 saturated heterocycles. The fourth-order valence-corrected chi connectivity index (χ4v) is 5.96. The van der Waals surface area contributed by atoms with E-state index in [2.05, 4.69) is 29.2 Å². The highest BCUT2D eigenvalue weighted by molar-refractivity contribution is 5.89. The van der Waals surface area contributed by atoms with Crippen LogP contribution in [0.5, 0.6) is 0 Å². The lowest BCUT2D eigenvalue weighted by Gasteiger charge is -2.36. The summed E-state index contributed by atoms with van der Waals surface area (Å²) in [4.78, 5) is 30.6. The number of fused-ring (bicyclic) bond motifs is 1. The van der Waals surface area contributed by atoms with Crippen molar-refractivity contribution in [3.63, 3.8) is 0 Å². The van der Waals surface area contributed by atoms with E-state index in [1.54, 1.807) is 0 Å². The number of nitrogens with two attached hydrogens (primary N) is 1. The van der Waals surface area contributed by atoms with Crippen molar-refractivity contribution in [1.29, 1.82) is 0 Å². The van der Waals surface area contributed by atoms with Crippen molar-refractivity contribution in [2.24, 2.45) is 5.73 Å². The van der Waals surface area contributed by atoms with E-state index in [9.17, 15) is 9.59 Å². The molecular weight excluding hydrogens is 350 g/mol. The highest BCUT2D eigenvalue weighted by atomic mass is 16.2. The van der Waals surface area contributed by atoms with Crippen LogP contribution in [0.2, 0.25) is 0 Å². The molecule has 4 atom stereocenters. The van der Waals surface area contributed by atoms with Gasteiger partial charge in [0.15, 0.2) is 0 Å². The van der Waals surface area contributed by atoms with Crippen molar-refractivity contribution >= 4 is 11.8 Å². The topological polar surface area (TPSA) is 66.6 Å². The first kappa shape index (κ1) is 18.2. The molecule has 5 heteroatoms. The quantitative estimate of drug-likeness (QED) is 0.857. The van der Waals surface area contributed by atoms with Gasteiger partial charge in [-0.2, -0.15) is 0 Å². The molecule has 1 aromatic carbocycles. The summed E-state index contributed by atoms with van der Waals surface area (Å²) in [6.07, 6.45) is 8.13. The SMILES string of the molecule is N[C@H]1CCCC(=O)N2[C@H](CC[C@H]2C(=O)N2CC(c3ccccc3)CC23CC3)C1. The van der Waals surface area contributed by atoms with Gasteiger partial charge in [-0.05, 0) is 56.9 Å². The van der Waals surface area contributed by atoms with E-state index in [4.69, 9.17) is 5.73 Å². The first-order chi connectivity index (χ1) is 13.6. The van der Waals surface area contributed by atoms with Crippen molar-refractivity contribution < 1.29 is 9.59 Å². The molecule has 3 aliphatic heterocycles. The molecule has 0 aromatic heterocycles. The van der Waals surface area contributed by atoms with E-state index >= 15 is 0 Å². The Morgan fingerprint density at radius 3 is 2.64 bits per heavy atom. The molecule has 150 valence electrons. The van der Waals surface area contributed by atoms with Gasteiger partial charge in [0, 0.05) is 36.5 Å². The third-order valence-electron chi connectivity index (χ3n) is 7.58. The predicted octanol–water partition coefficient (Wildman–Crippen LogP) is 2.80. The monoisotopic (exact) mass is 381 g/mol. The van der Waals surface area contributed by atoms with Crippen molar-refractivity contribution in [2.45, 2.75) is 87.4 Å². The Labute approximate surface area is 167 Å². The molecule has 1 unspecified atom stereocenters. The van der Waals surface area contributed by atoms with Crippen LogP contribution in [-0.4, -0.2) is 51.8 Å². The van der Waals surface area contributed by atoms with Crippen LogP contribution < -0.4 is 5.73 Å². The molecule has 28 heavy (non-hydrogen) atoms. The molecule has 2 amide bonds. The lowest BCUT2D eigenvalue weighted by atomic mass is 9.96. The number of likely N-dealkylation sites (tertiary alicyclic amines) is 1. The predicted molar refractivity (Wildman–Crippen MR) is 108 cm³/mol. The summed E-state index contributed by atoms with van der Waals surface area (Å²) in [6.45, 7) is 0.797. The van der Waals surface area contributed by atoms with Crippen LogP contribution in [0.15, 0.2) is 30.3 Å². The molecule has 0 radical (unpaired) electrons. The molecule has 1 spiro atoms. The van der Waals surface area contributed by atoms with Gasteiger partial charge in [-0.1, -0.05) is 30.3 Å². The van der Waals surface area contributed by atoms with Crippen LogP contribution in [0.25, 0.3) is 0 Å². The van der Waals surface area contributed by atoms with Crippen LogP contribution in [0.4, 0.5) is 0 Å². The molecular formula is C23H31N3O2. The standard InChI is InChI=1S/C23H31N3O2/c24-18-7-4-8-21(27)26-19(13-18)9-10-20(26)22(28)25-15-17(14-23(25)11-12-23)16-5-2-1-3-6-16/h1-3,5-6,17-20H,4,7-15,24H2/t17?,18-,19+,20-/m0/s1. The van der Waals surface area contributed by atoms with Gasteiger partial charge >= 0.3 is 0 Å². The van der Waals surface area contributed by atoms with Crippen LogP contribution in [0.3, 0.4) is 0 Å². The maximum atomic E-state index is 13.7. The summed E-state index contributed by atoms with van der Waals surface area (Å²) < 4.78 is 0. The second-order valence-electron chi connectivity index (χ2n) is 9.42. The van der Waals surface area contributed by atoms with Gasteiger partial charge in [0.1, 0.15) is 6.04 Å². The van der Waals surface area contributed by atoms with Gasteiger partial charge in [-0.3, -0.25) is 9.59 Å². The number of hydrogen-bond acceptors (Lipinski definition) is 3. The van der Waals surface area contributed by atoms with Gasteiger partial charge in [-0.25, -0.2) is 0 Å². The van der Waals surface area contributed by atoms with Crippen molar-refractivity contribution in [1.82, 2.24) is 9.80 Å². The molecule has 3 heterocycles. The minimum absolute atomic E-state index is 0.0534. The van der Waals surface area contributed by atoms with E-state index in [0.717, 1.165) is 57.9 Å². The number of rotatable bonds is 2. The number of carbonyl (C=O) groups is 2. The third kappa shape index (κ3) is 3.04. The second kappa shape index (κ2) is 6.87. The molecule has 4 fully saturated rings. The van der Waals surface area contributed by atoms with E-state index in [1.807, 2.05) is 11.0 Å². The van der Waals surface area contributed by atoms with E-state index < -0.39 is 0 Å². The number of amides is 2. The summed E-state index contributed by atoms with van der Waals surface area (Å²) in [7, 11) is 0. The first-order valence-corrected chi connectivity index (χ1v) is 11.0. The molecule has 1 aromatic rings. The molecule has 1 aliphatic carbocycles. The summed E-state index contributed by atoms with van der Waals surface area (Å²) in [5.41, 5.74) is 7.64. The maximum absolute atomic E-state index is 13.7. The number of nitrogens with zero attached hydrogens (tertiary/aromatic N) is 2. The first-order valence-electron chi connectivity index (χ1n) is 11.0. The zero-order chi connectivity index (χ0) is 19.3. The van der Waals surface area contributed by atoms with E-state index in [0.29, 0.717) is 12.3 Å². The second-order valence-corrected chi connectivity index (χ2v) is 9.42. The number of benzene rings is 1. The lowest BCUT2D eigenvalue weighted by molar-refractivity contribution is -0.147. The van der Waals surface area contributed by atoms with Crippen LogP contribution in [-0.2, 0) is 9.59 Å². The molecule has 2 N–H and O–H groups in total. The highest BCUT2D eigenvalue weighted by Gasteiger charge is 2.58. The van der Waals surface area contributed by atoms with Crippen molar-refractivity contribution in [2.75, 3.05) is 6.54 Å². The van der Waals surface area contributed by atoms with Gasteiger partial charge < -0.3 is 15.5 Å².